The molecule has 1 aliphatic rings. The fourth-order valence-electron chi connectivity index (χ4n) is 1.45. The number of fused-ring (bicyclic) bond motifs is 1. The Balaban J connectivity index is 2.36. The van der Waals surface area contributed by atoms with Crippen LogP contribution in [0.3, 0.4) is 0 Å². The number of amides is 1. The van der Waals surface area contributed by atoms with Crippen LogP contribution >= 0.6 is 15.9 Å². The summed E-state index contributed by atoms with van der Waals surface area (Å²) >= 11 is 3.27. The lowest BCUT2D eigenvalue weighted by atomic mass is 10.2. The third-order valence-corrected chi connectivity index (χ3v) is 2.47. The summed E-state index contributed by atoms with van der Waals surface area (Å²) in [7, 11) is 0. The first kappa shape index (κ1) is 8.74. The molecule has 0 saturated carbocycles. The molecule has 0 aliphatic carbocycles. The van der Waals surface area contributed by atoms with Gasteiger partial charge < -0.3 is 9.88 Å². The maximum Gasteiger partial charge on any atom is 0.268 e. The van der Waals surface area contributed by atoms with Crippen LogP contribution in [0, 0.1) is 0 Å². The number of nitrogens with zero attached hydrogens (tertiary/aromatic N) is 1. The van der Waals surface area contributed by atoms with E-state index in [0.717, 1.165) is 4.47 Å². The Morgan fingerprint density at radius 2 is 2.54 bits per heavy atom. The quantitative estimate of drug-likeness (QED) is 0.798. The topological polar surface area (TPSA) is 34.0 Å². The number of aromatic nitrogens is 1. The molecule has 2 rings (SSSR count). The van der Waals surface area contributed by atoms with Gasteiger partial charge in [-0.05, 0) is 22.0 Å². The summed E-state index contributed by atoms with van der Waals surface area (Å²) in [4.78, 5) is 11.3. The number of hydrogen-bond donors (Lipinski definition) is 1. The van der Waals surface area contributed by atoms with Crippen molar-refractivity contribution in [2.45, 2.75) is 12.6 Å². The summed E-state index contributed by atoms with van der Waals surface area (Å²) in [6, 6.07) is 1.34. The van der Waals surface area contributed by atoms with Crippen LogP contribution in [0.1, 0.15) is 10.5 Å². The molecule has 13 heavy (non-hydrogen) atoms. The first-order chi connectivity index (χ1) is 6.20. The second-order valence-corrected chi connectivity index (χ2v) is 3.94. The molecule has 0 fully saturated rings. The van der Waals surface area contributed by atoms with Crippen molar-refractivity contribution < 1.29 is 9.18 Å². The third kappa shape index (κ3) is 1.48. The van der Waals surface area contributed by atoms with Crippen molar-refractivity contribution in [2.75, 3.05) is 6.67 Å². The van der Waals surface area contributed by atoms with E-state index >= 15 is 0 Å². The fraction of sp³-hybridized carbons (Fsp3) is 0.375. The Morgan fingerprint density at radius 1 is 1.77 bits per heavy atom. The van der Waals surface area contributed by atoms with E-state index in [4.69, 9.17) is 0 Å². The molecular weight excluding hydrogens is 239 g/mol. The summed E-state index contributed by atoms with van der Waals surface area (Å²) in [6.07, 6.45) is 1.79. The van der Waals surface area contributed by atoms with Crippen LogP contribution in [0.5, 0.6) is 0 Å². The molecule has 0 saturated heterocycles. The number of hydrogen-bond acceptors (Lipinski definition) is 1. The van der Waals surface area contributed by atoms with Gasteiger partial charge in [0.1, 0.15) is 12.4 Å². The molecule has 1 amide bonds. The van der Waals surface area contributed by atoms with Crippen LogP contribution in [0.4, 0.5) is 4.39 Å². The van der Waals surface area contributed by atoms with E-state index in [1.165, 1.54) is 0 Å². The van der Waals surface area contributed by atoms with Crippen LogP contribution in [0.2, 0.25) is 0 Å². The molecule has 0 aromatic carbocycles. The Morgan fingerprint density at radius 3 is 3.23 bits per heavy atom. The zero-order valence-electron chi connectivity index (χ0n) is 6.76. The second kappa shape index (κ2) is 3.14. The lowest BCUT2D eigenvalue weighted by Crippen LogP contribution is -2.45. The van der Waals surface area contributed by atoms with Crippen molar-refractivity contribution in [3.05, 3.63) is 22.4 Å². The van der Waals surface area contributed by atoms with Gasteiger partial charge in [0.05, 0.1) is 6.04 Å². The molecule has 3 nitrogen and oxygen atoms in total. The Bertz CT molecular complexity index is 350. The van der Waals surface area contributed by atoms with Crippen LogP contribution in [0.25, 0.3) is 0 Å². The van der Waals surface area contributed by atoms with E-state index in [1.807, 2.05) is 0 Å². The van der Waals surface area contributed by atoms with Crippen molar-refractivity contribution in [3.63, 3.8) is 0 Å². The maximum atomic E-state index is 12.3. The summed E-state index contributed by atoms with van der Waals surface area (Å²) in [5.41, 5.74) is 0.580. The molecule has 1 aliphatic heterocycles. The van der Waals surface area contributed by atoms with Gasteiger partial charge in [0.25, 0.3) is 5.91 Å². The standard InChI is InChI=1S/C8H8BrFN2O/c9-5-1-7-8(13)11-6(2-10)4-12(7)3-5/h1,3,6H,2,4H2,(H,11,13)/t6-/m0/s1. The van der Waals surface area contributed by atoms with E-state index in [-0.39, 0.29) is 11.9 Å². The van der Waals surface area contributed by atoms with Gasteiger partial charge in [0.15, 0.2) is 0 Å². The molecule has 0 bridgehead atoms. The number of nitrogens with one attached hydrogen (secondary N) is 1. The van der Waals surface area contributed by atoms with Gasteiger partial charge in [-0.1, -0.05) is 0 Å². The van der Waals surface area contributed by atoms with Crippen molar-refractivity contribution in [1.29, 1.82) is 0 Å². The molecular formula is C8H8BrFN2O. The van der Waals surface area contributed by atoms with Gasteiger partial charge in [-0.3, -0.25) is 4.79 Å². The smallest absolute Gasteiger partial charge is 0.268 e. The normalized spacial score (nSPS) is 21.1. The van der Waals surface area contributed by atoms with Gasteiger partial charge in [0.2, 0.25) is 0 Å². The van der Waals surface area contributed by atoms with E-state index in [0.29, 0.717) is 12.2 Å². The average Bonchev–Trinajstić information content (AvgIpc) is 2.46. The predicted octanol–water partition coefficient (Wildman–Crippen LogP) is 1.33. The van der Waals surface area contributed by atoms with Crippen LogP contribution in [-0.2, 0) is 6.54 Å². The Hall–Kier alpha value is -0.840. The zero-order chi connectivity index (χ0) is 9.42. The molecule has 1 atom stereocenters. The van der Waals surface area contributed by atoms with Gasteiger partial charge in [0, 0.05) is 17.2 Å². The largest absolute Gasteiger partial charge is 0.344 e. The molecule has 1 aromatic heterocycles. The molecule has 5 heteroatoms. The van der Waals surface area contributed by atoms with Crippen molar-refractivity contribution >= 4 is 21.8 Å². The molecule has 2 heterocycles. The Kier molecular flexibility index (Phi) is 2.11. The van der Waals surface area contributed by atoms with Gasteiger partial charge >= 0.3 is 0 Å². The highest BCUT2D eigenvalue weighted by molar-refractivity contribution is 9.10. The van der Waals surface area contributed by atoms with Crippen LogP contribution in [-0.4, -0.2) is 23.2 Å². The van der Waals surface area contributed by atoms with Crippen molar-refractivity contribution in [3.8, 4) is 0 Å². The lowest BCUT2D eigenvalue weighted by molar-refractivity contribution is 0.0890. The Labute approximate surface area is 83.0 Å². The third-order valence-electron chi connectivity index (χ3n) is 2.03. The zero-order valence-corrected chi connectivity index (χ0v) is 8.34. The fourth-order valence-corrected chi connectivity index (χ4v) is 1.91. The van der Waals surface area contributed by atoms with E-state index in [2.05, 4.69) is 21.2 Å². The monoisotopic (exact) mass is 246 g/mol. The highest BCUT2D eigenvalue weighted by atomic mass is 79.9. The summed E-state index contributed by atoms with van der Waals surface area (Å²) in [5, 5.41) is 2.58. The van der Waals surface area contributed by atoms with E-state index in [9.17, 15) is 9.18 Å². The summed E-state index contributed by atoms with van der Waals surface area (Å²) in [5.74, 6) is -0.209. The lowest BCUT2D eigenvalue weighted by Gasteiger charge is -2.23. The minimum absolute atomic E-state index is 0.209. The molecule has 0 radical (unpaired) electrons. The molecule has 1 N–H and O–H groups in total. The average molecular weight is 247 g/mol. The van der Waals surface area contributed by atoms with Gasteiger partial charge in [-0.25, -0.2) is 4.39 Å². The summed E-state index contributed by atoms with van der Waals surface area (Å²) in [6.45, 7) is -0.0237. The molecule has 0 unspecified atom stereocenters. The van der Waals surface area contributed by atoms with Crippen LogP contribution < -0.4 is 5.32 Å². The van der Waals surface area contributed by atoms with E-state index in [1.54, 1.807) is 16.8 Å². The first-order valence-corrected chi connectivity index (χ1v) is 4.72. The minimum atomic E-state index is -0.527. The maximum absolute atomic E-state index is 12.3. The summed E-state index contributed by atoms with van der Waals surface area (Å²) < 4.78 is 14.9. The van der Waals surface area contributed by atoms with E-state index < -0.39 is 6.67 Å². The van der Waals surface area contributed by atoms with Gasteiger partial charge in [-0.2, -0.15) is 0 Å². The number of alkyl halides is 1. The SMILES string of the molecule is O=C1N[C@@H](CF)Cn2cc(Br)cc21. The number of carbonyl (C=O) groups is 1. The number of rotatable bonds is 1. The second-order valence-electron chi connectivity index (χ2n) is 3.02. The highest BCUT2D eigenvalue weighted by Crippen LogP contribution is 2.18. The molecule has 1 aromatic rings. The van der Waals surface area contributed by atoms with Gasteiger partial charge in [-0.15, -0.1) is 0 Å². The van der Waals surface area contributed by atoms with Crippen LogP contribution in [0.15, 0.2) is 16.7 Å². The highest BCUT2D eigenvalue weighted by Gasteiger charge is 2.24. The minimum Gasteiger partial charge on any atom is -0.344 e. The molecule has 70 valence electrons. The number of carbonyl (C=O) groups excluding carboxylic acids is 1. The predicted molar refractivity (Wildman–Crippen MR) is 49.4 cm³/mol. The van der Waals surface area contributed by atoms with Crippen molar-refractivity contribution in [1.82, 2.24) is 9.88 Å². The van der Waals surface area contributed by atoms with Crippen molar-refractivity contribution in [2.24, 2.45) is 0 Å². The molecule has 0 spiro atoms. The first-order valence-electron chi connectivity index (χ1n) is 3.93. The number of halogens is 2.